The van der Waals surface area contributed by atoms with E-state index in [1.165, 1.54) is 11.8 Å². The van der Waals surface area contributed by atoms with Gasteiger partial charge in [0.1, 0.15) is 27.4 Å². The molecule has 20 heavy (non-hydrogen) atoms. The number of hydrogen-bond acceptors (Lipinski definition) is 5. The van der Waals surface area contributed by atoms with E-state index in [1.54, 1.807) is 12.4 Å². The Morgan fingerprint density at radius 3 is 2.85 bits per heavy atom. The van der Waals surface area contributed by atoms with Crippen molar-refractivity contribution in [2.75, 3.05) is 0 Å². The van der Waals surface area contributed by atoms with E-state index in [-0.39, 0.29) is 0 Å². The maximum Gasteiger partial charge on any atom is 0.133 e. The Balaban J connectivity index is 2.03. The van der Waals surface area contributed by atoms with Crippen molar-refractivity contribution in [1.29, 1.82) is 0 Å². The lowest BCUT2D eigenvalue weighted by atomic mass is 10.2. The largest absolute Gasteiger partial charge is 0.236 e. The number of halogens is 1. The van der Waals surface area contributed by atoms with Gasteiger partial charge in [-0.2, -0.15) is 0 Å². The van der Waals surface area contributed by atoms with Crippen LogP contribution in [0.3, 0.4) is 0 Å². The Morgan fingerprint density at radius 2 is 2.00 bits per heavy atom. The Bertz CT molecular complexity index is 758. The summed E-state index contributed by atoms with van der Waals surface area (Å²) in [6.07, 6.45) is 2.31. The monoisotopic (exact) mass is 302 g/mol. The first-order chi connectivity index (χ1) is 9.76. The van der Waals surface area contributed by atoms with E-state index in [9.17, 15) is 0 Å². The molecule has 0 saturated carbocycles. The summed E-state index contributed by atoms with van der Waals surface area (Å²) in [6, 6.07) is 9.65. The second kappa shape index (κ2) is 5.73. The van der Waals surface area contributed by atoms with Gasteiger partial charge in [0.15, 0.2) is 0 Å². The molecule has 4 nitrogen and oxygen atoms in total. The second-order valence-corrected chi connectivity index (χ2v) is 5.49. The van der Waals surface area contributed by atoms with Gasteiger partial charge < -0.3 is 0 Å². The summed E-state index contributed by atoms with van der Waals surface area (Å²) in [5.41, 5.74) is 0.917. The van der Waals surface area contributed by atoms with Crippen molar-refractivity contribution < 1.29 is 0 Å². The Kier molecular flexibility index (Phi) is 3.80. The third kappa shape index (κ3) is 2.73. The fourth-order valence-corrected chi connectivity index (χ4v) is 2.98. The SMILES string of the molecule is CCc1nc(Cl)cc(Sc2ncnc3ccccc23)n1. The van der Waals surface area contributed by atoms with Crippen molar-refractivity contribution in [2.45, 2.75) is 23.4 Å². The number of nitrogens with zero attached hydrogens (tertiary/aromatic N) is 4. The summed E-state index contributed by atoms with van der Waals surface area (Å²) in [6.45, 7) is 2.00. The van der Waals surface area contributed by atoms with Gasteiger partial charge >= 0.3 is 0 Å². The van der Waals surface area contributed by atoms with Crippen LogP contribution in [0.2, 0.25) is 5.15 Å². The quantitative estimate of drug-likeness (QED) is 0.689. The van der Waals surface area contributed by atoms with Crippen LogP contribution >= 0.6 is 23.4 Å². The highest BCUT2D eigenvalue weighted by atomic mass is 35.5. The van der Waals surface area contributed by atoms with Crippen molar-refractivity contribution in [3.8, 4) is 0 Å². The molecule has 0 atom stereocenters. The number of fused-ring (bicyclic) bond motifs is 1. The number of hydrogen-bond donors (Lipinski definition) is 0. The van der Waals surface area contributed by atoms with Crippen molar-refractivity contribution >= 4 is 34.3 Å². The van der Waals surface area contributed by atoms with Gasteiger partial charge in [-0.3, -0.25) is 0 Å². The topological polar surface area (TPSA) is 51.6 Å². The summed E-state index contributed by atoms with van der Waals surface area (Å²) in [7, 11) is 0. The van der Waals surface area contributed by atoms with Crippen molar-refractivity contribution in [3.63, 3.8) is 0 Å². The van der Waals surface area contributed by atoms with Gasteiger partial charge in [-0.05, 0) is 17.8 Å². The summed E-state index contributed by atoms with van der Waals surface area (Å²) < 4.78 is 0. The molecule has 0 radical (unpaired) electrons. The van der Waals surface area contributed by atoms with Crippen LogP contribution in [0.5, 0.6) is 0 Å². The lowest BCUT2D eigenvalue weighted by Crippen LogP contribution is -1.95. The van der Waals surface area contributed by atoms with Crippen LogP contribution in [0.1, 0.15) is 12.7 Å². The zero-order chi connectivity index (χ0) is 13.9. The van der Waals surface area contributed by atoms with Crippen LogP contribution in [0.15, 0.2) is 46.7 Å². The maximum absolute atomic E-state index is 6.02. The first-order valence-corrected chi connectivity index (χ1v) is 7.37. The molecular formula is C14H11ClN4S. The number of benzene rings is 1. The Hall–Kier alpha value is -1.72. The minimum atomic E-state index is 0.456. The molecule has 0 bridgehead atoms. The number of rotatable bonds is 3. The second-order valence-electron chi connectivity index (χ2n) is 4.10. The average Bonchev–Trinajstić information content (AvgIpc) is 2.47. The molecule has 2 heterocycles. The zero-order valence-electron chi connectivity index (χ0n) is 10.7. The third-order valence-corrected chi connectivity index (χ3v) is 3.87. The first-order valence-electron chi connectivity index (χ1n) is 6.17. The van der Waals surface area contributed by atoms with E-state index in [1.807, 2.05) is 31.2 Å². The van der Waals surface area contributed by atoms with E-state index in [4.69, 9.17) is 11.6 Å². The zero-order valence-corrected chi connectivity index (χ0v) is 12.3. The van der Waals surface area contributed by atoms with Crippen LogP contribution in [-0.2, 0) is 6.42 Å². The van der Waals surface area contributed by atoms with Gasteiger partial charge in [-0.1, -0.05) is 36.7 Å². The predicted octanol–water partition coefficient (Wildman–Crippen LogP) is 3.79. The molecule has 0 fully saturated rings. The normalized spacial score (nSPS) is 10.9. The number of aryl methyl sites for hydroxylation is 1. The maximum atomic E-state index is 6.02. The van der Waals surface area contributed by atoms with Crippen LogP contribution < -0.4 is 0 Å². The van der Waals surface area contributed by atoms with Crippen LogP contribution in [0, 0.1) is 0 Å². The summed E-state index contributed by atoms with van der Waals surface area (Å²) in [4.78, 5) is 17.2. The lowest BCUT2D eigenvalue weighted by Gasteiger charge is -2.05. The van der Waals surface area contributed by atoms with E-state index in [2.05, 4.69) is 19.9 Å². The smallest absolute Gasteiger partial charge is 0.133 e. The highest BCUT2D eigenvalue weighted by molar-refractivity contribution is 7.99. The molecule has 0 aliphatic heterocycles. The van der Waals surface area contributed by atoms with Crippen molar-refractivity contribution in [3.05, 3.63) is 47.6 Å². The molecule has 0 unspecified atom stereocenters. The van der Waals surface area contributed by atoms with Crippen molar-refractivity contribution in [1.82, 2.24) is 19.9 Å². The van der Waals surface area contributed by atoms with E-state index in [0.717, 1.165) is 33.2 Å². The average molecular weight is 303 g/mol. The minimum absolute atomic E-state index is 0.456. The Labute approximate surface area is 125 Å². The molecule has 0 aliphatic carbocycles. The molecule has 2 aromatic heterocycles. The number of aromatic nitrogens is 4. The molecule has 0 saturated heterocycles. The van der Waals surface area contributed by atoms with Gasteiger partial charge in [0, 0.05) is 17.9 Å². The molecule has 6 heteroatoms. The standard InChI is InChI=1S/C14H11ClN4S/c1-2-12-18-11(15)7-13(19-12)20-14-9-5-3-4-6-10(9)16-8-17-14/h3-8H,2H2,1H3. The molecule has 1 aromatic carbocycles. The minimum Gasteiger partial charge on any atom is -0.236 e. The summed E-state index contributed by atoms with van der Waals surface area (Å²) >= 11 is 7.49. The Morgan fingerprint density at radius 1 is 1.15 bits per heavy atom. The highest BCUT2D eigenvalue weighted by Crippen LogP contribution is 2.30. The molecule has 0 amide bonds. The summed E-state index contributed by atoms with van der Waals surface area (Å²) in [5.74, 6) is 0.735. The molecule has 0 spiro atoms. The summed E-state index contributed by atoms with van der Waals surface area (Å²) in [5, 5.41) is 3.13. The van der Waals surface area contributed by atoms with Gasteiger partial charge in [-0.25, -0.2) is 19.9 Å². The van der Waals surface area contributed by atoms with Crippen LogP contribution in [0.4, 0.5) is 0 Å². The van der Waals surface area contributed by atoms with Crippen LogP contribution in [-0.4, -0.2) is 19.9 Å². The first kappa shape index (κ1) is 13.3. The van der Waals surface area contributed by atoms with Gasteiger partial charge in [-0.15, -0.1) is 0 Å². The van der Waals surface area contributed by atoms with Crippen LogP contribution in [0.25, 0.3) is 10.9 Å². The number of para-hydroxylation sites is 1. The van der Waals surface area contributed by atoms with Gasteiger partial charge in [0.25, 0.3) is 0 Å². The van der Waals surface area contributed by atoms with E-state index >= 15 is 0 Å². The van der Waals surface area contributed by atoms with Crippen molar-refractivity contribution in [2.24, 2.45) is 0 Å². The third-order valence-electron chi connectivity index (χ3n) is 2.74. The lowest BCUT2D eigenvalue weighted by molar-refractivity contribution is 0.888. The highest BCUT2D eigenvalue weighted by Gasteiger charge is 2.08. The molecule has 0 aliphatic rings. The van der Waals surface area contributed by atoms with Gasteiger partial charge in [0.05, 0.1) is 5.52 Å². The molecule has 0 N–H and O–H groups in total. The van der Waals surface area contributed by atoms with Gasteiger partial charge in [0.2, 0.25) is 0 Å². The molecular weight excluding hydrogens is 292 g/mol. The molecule has 3 aromatic rings. The molecule has 100 valence electrons. The van der Waals surface area contributed by atoms with E-state index < -0.39 is 0 Å². The predicted molar refractivity (Wildman–Crippen MR) is 80.1 cm³/mol. The fourth-order valence-electron chi connectivity index (χ4n) is 1.81. The van der Waals surface area contributed by atoms with E-state index in [0.29, 0.717) is 5.15 Å². The molecule has 3 rings (SSSR count). The fraction of sp³-hybridized carbons (Fsp3) is 0.143.